The monoisotopic (exact) mass is 506 g/mol. The van der Waals surface area contributed by atoms with Gasteiger partial charge in [-0.1, -0.05) is 18.2 Å². The predicted octanol–water partition coefficient (Wildman–Crippen LogP) is 6.51. The zero-order valence-corrected chi connectivity index (χ0v) is 18.6. The number of thiazole rings is 1. The van der Waals surface area contributed by atoms with Gasteiger partial charge in [-0.3, -0.25) is 0 Å². The highest BCUT2D eigenvalue weighted by atomic mass is 32.1. The maximum Gasteiger partial charge on any atom is 0.433 e. The number of aryl methyl sites for hydroxylation is 1. The van der Waals surface area contributed by atoms with Gasteiger partial charge in [-0.05, 0) is 48.4 Å². The standard InChI is InChI=1S/C23H15F5N4O2S/c1-12-8-14(10-16(9-12)31-21-29-7-6-18(32-21)23(26,27)28)17-11-30-20(35-17)22(24,25)15-4-2-13(3-5-15)19(33)34/h2-11H,1H3,(H,33,34)(H,29,31,32). The number of nitrogens with zero attached hydrogens (tertiary/aromatic N) is 3. The molecule has 0 unspecified atom stereocenters. The molecule has 2 aromatic carbocycles. The summed E-state index contributed by atoms with van der Waals surface area (Å²) in [7, 11) is 0. The largest absolute Gasteiger partial charge is 0.478 e. The quantitative estimate of drug-likeness (QED) is 0.290. The lowest BCUT2D eigenvalue weighted by atomic mass is 10.1. The Morgan fingerprint density at radius 3 is 2.37 bits per heavy atom. The normalized spacial score (nSPS) is 11.9. The lowest BCUT2D eigenvalue weighted by Gasteiger charge is -2.14. The maximum absolute atomic E-state index is 15.0. The van der Waals surface area contributed by atoms with Crippen molar-refractivity contribution in [2.45, 2.75) is 19.0 Å². The van der Waals surface area contributed by atoms with Gasteiger partial charge in [-0.2, -0.15) is 22.0 Å². The van der Waals surface area contributed by atoms with E-state index in [2.05, 4.69) is 20.3 Å². The van der Waals surface area contributed by atoms with Crippen molar-refractivity contribution in [3.8, 4) is 10.4 Å². The maximum atomic E-state index is 15.0. The molecule has 12 heteroatoms. The molecule has 0 aliphatic carbocycles. The third-order valence-corrected chi connectivity index (χ3v) is 5.95. The van der Waals surface area contributed by atoms with Crippen LogP contribution in [0, 0.1) is 6.92 Å². The number of carbonyl (C=O) groups is 1. The minimum atomic E-state index is -4.63. The number of benzene rings is 2. The Labute approximate surface area is 199 Å². The lowest BCUT2D eigenvalue weighted by Crippen LogP contribution is -2.15. The van der Waals surface area contributed by atoms with E-state index < -0.39 is 34.3 Å². The van der Waals surface area contributed by atoms with Crippen LogP contribution in [0.25, 0.3) is 10.4 Å². The Kier molecular flexibility index (Phi) is 6.24. The van der Waals surface area contributed by atoms with Crippen LogP contribution in [0.1, 0.15) is 32.2 Å². The van der Waals surface area contributed by atoms with Crippen LogP contribution in [0.5, 0.6) is 0 Å². The highest BCUT2D eigenvalue weighted by Gasteiger charge is 2.37. The molecule has 4 aromatic rings. The van der Waals surface area contributed by atoms with E-state index in [0.29, 0.717) is 21.7 Å². The number of rotatable bonds is 6. The molecule has 0 amide bonds. The van der Waals surface area contributed by atoms with E-state index in [-0.39, 0.29) is 11.5 Å². The van der Waals surface area contributed by atoms with Crippen LogP contribution in [0.4, 0.5) is 33.6 Å². The summed E-state index contributed by atoms with van der Waals surface area (Å²) in [6, 6.07) is 9.93. The highest BCUT2D eigenvalue weighted by Crippen LogP contribution is 2.41. The Morgan fingerprint density at radius 2 is 1.71 bits per heavy atom. The number of nitrogens with one attached hydrogen (secondary N) is 1. The first-order valence-electron chi connectivity index (χ1n) is 9.91. The molecule has 2 heterocycles. The predicted molar refractivity (Wildman–Crippen MR) is 119 cm³/mol. The van der Waals surface area contributed by atoms with E-state index in [1.807, 2.05) is 0 Å². The Bertz CT molecular complexity index is 1390. The second-order valence-electron chi connectivity index (χ2n) is 7.46. The molecule has 0 aliphatic heterocycles. The van der Waals surface area contributed by atoms with Gasteiger partial charge in [-0.15, -0.1) is 11.3 Å². The molecule has 2 N–H and O–H groups in total. The van der Waals surface area contributed by atoms with Crippen molar-refractivity contribution in [2.75, 3.05) is 5.32 Å². The van der Waals surface area contributed by atoms with Gasteiger partial charge >= 0.3 is 18.1 Å². The topological polar surface area (TPSA) is 88.0 Å². The number of carboxylic acid groups (broad SMARTS) is 1. The fraction of sp³-hybridized carbons (Fsp3) is 0.130. The average Bonchev–Trinajstić information content (AvgIpc) is 3.30. The van der Waals surface area contributed by atoms with Gasteiger partial charge in [0.25, 0.3) is 0 Å². The molecule has 2 aromatic heterocycles. The van der Waals surface area contributed by atoms with Crippen LogP contribution in [-0.2, 0) is 12.1 Å². The number of aromatic nitrogens is 3. The van der Waals surface area contributed by atoms with Gasteiger partial charge in [0, 0.05) is 23.6 Å². The van der Waals surface area contributed by atoms with Crippen molar-refractivity contribution in [3.63, 3.8) is 0 Å². The second-order valence-corrected chi connectivity index (χ2v) is 8.49. The van der Waals surface area contributed by atoms with Crippen LogP contribution in [0.2, 0.25) is 0 Å². The molecule has 0 fully saturated rings. The third-order valence-electron chi connectivity index (χ3n) is 4.83. The molecule has 0 atom stereocenters. The van der Waals surface area contributed by atoms with E-state index in [1.54, 1.807) is 25.1 Å². The van der Waals surface area contributed by atoms with Gasteiger partial charge in [0.15, 0.2) is 5.01 Å². The molecule has 0 radical (unpaired) electrons. The number of anilines is 2. The second kappa shape index (κ2) is 9.02. The van der Waals surface area contributed by atoms with Gasteiger partial charge in [-0.25, -0.2) is 19.7 Å². The van der Waals surface area contributed by atoms with Crippen molar-refractivity contribution in [1.29, 1.82) is 0 Å². The van der Waals surface area contributed by atoms with Crippen molar-refractivity contribution < 1.29 is 31.9 Å². The molecular weight excluding hydrogens is 491 g/mol. The highest BCUT2D eigenvalue weighted by molar-refractivity contribution is 7.15. The zero-order valence-electron chi connectivity index (χ0n) is 17.8. The van der Waals surface area contributed by atoms with Crippen molar-refractivity contribution in [1.82, 2.24) is 15.0 Å². The molecule has 0 aliphatic rings. The fourth-order valence-electron chi connectivity index (χ4n) is 3.20. The van der Waals surface area contributed by atoms with Crippen molar-refractivity contribution >= 4 is 28.9 Å². The van der Waals surface area contributed by atoms with E-state index in [0.717, 1.165) is 47.9 Å². The van der Waals surface area contributed by atoms with E-state index >= 15 is 8.78 Å². The fourth-order valence-corrected chi connectivity index (χ4v) is 4.10. The molecule has 0 saturated heterocycles. The summed E-state index contributed by atoms with van der Waals surface area (Å²) in [5.41, 5.74) is -0.0345. The zero-order chi connectivity index (χ0) is 25.4. The third kappa shape index (κ3) is 5.27. The first-order valence-corrected chi connectivity index (χ1v) is 10.7. The number of halogens is 5. The van der Waals surface area contributed by atoms with Crippen LogP contribution in [0.15, 0.2) is 60.9 Å². The molecule has 180 valence electrons. The number of carboxylic acids is 1. The van der Waals surface area contributed by atoms with E-state index in [9.17, 15) is 18.0 Å². The Hall–Kier alpha value is -3.93. The number of aromatic carboxylic acids is 1. The first-order chi connectivity index (χ1) is 16.4. The molecule has 4 rings (SSSR count). The minimum Gasteiger partial charge on any atom is -0.478 e. The Balaban J connectivity index is 1.61. The summed E-state index contributed by atoms with van der Waals surface area (Å²) >= 11 is 0.743. The molecular formula is C23H15F5N4O2S. The molecule has 0 bridgehead atoms. The molecule has 6 nitrogen and oxygen atoms in total. The SMILES string of the molecule is Cc1cc(Nc2nccc(C(F)(F)F)n2)cc(-c2cnc(C(F)(F)c3ccc(C(=O)O)cc3)s2)c1. The van der Waals surface area contributed by atoms with Gasteiger partial charge < -0.3 is 10.4 Å². The van der Waals surface area contributed by atoms with Crippen LogP contribution >= 0.6 is 11.3 Å². The van der Waals surface area contributed by atoms with Crippen LogP contribution < -0.4 is 5.32 Å². The summed E-state index contributed by atoms with van der Waals surface area (Å²) in [6.45, 7) is 1.74. The van der Waals surface area contributed by atoms with Gasteiger partial charge in [0.05, 0.1) is 10.4 Å². The lowest BCUT2D eigenvalue weighted by molar-refractivity contribution is -0.141. The summed E-state index contributed by atoms with van der Waals surface area (Å²) < 4.78 is 68.8. The van der Waals surface area contributed by atoms with E-state index in [1.165, 1.54) is 6.20 Å². The minimum absolute atomic E-state index is 0.117. The average molecular weight is 506 g/mol. The first kappa shape index (κ1) is 24.2. The Morgan fingerprint density at radius 1 is 1.00 bits per heavy atom. The molecule has 0 saturated carbocycles. The van der Waals surface area contributed by atoms with Crippen LogP contribution in [0.3, 0.4) is 0 Å². The van der Waals surface area contributed by atoms with Gasteiger partial charge in [0.2, 0.25) is 5.95 Å². The number of alkyl halides is 5. The summed E-state index contributed by atoms with van der Waals surface area (Å²) in [4.78, 5) is 22.5. The van der Waals surface area contributed by atoms with Crippen LogP contribution in [-0.4, -0.2) is 26.0 Å². The number of hydrogen-bond acceptors (Lipinski definition) is 6. The smallest absolute Gasteiger partial charge is 0.433 e. The van der Waals surface area contributed by atoms with Gasteiger partial charge in [0.1, 0.15) is 5.69 Å². The molecule has 0 spiro atoms. The summed E-state index contributed by atoms with van der Waals surface area (Å²) in [5, 5.41) is 11.2. The summed E-state index contributed by atoms with van der Waals surface area (Å²) in [6.07, 6.45) is -2.37. The summed E-state index contributed by atoms with van der Waals surface area (Å²) in [5.74, 6) is -4.95. The van der Waals surface area contributed by atoms with Crippen molar-refractivity contribution in [3.05, 3.63) is 88.3 Å². The molecule has 35 heavy (non-hydrogen) atoms. The number of hydrogen-bond donors (Lipinski definition) is 2. The van der Waals surface area contributed by atoms with Crippen molar-refractivity contribution in [2.24, 2.45) is 0 Å². The van der Waals surface area contributed by atoms with E-state index in [4.69, 9.17) is 5.11 Å².